The van der Waals surface area contributed by atoms with Crippen LogP contribution in [0.15, 0.2) is 22.8 Å². The van der Waals surface area contributed by atoms with Gasteiger partial charge >= 0.3 is 0 Å². The molecule has 0 fully saturated rings. The highest BCUT2D eigenvalue weighted by atomic mass is 16.5. The van der Waals surface area contributed by atoms with Gasteiger partial charge < -0.3 is 10.5 Å². The Morgan fingerprint density at radius 2 is 2.24 bits per heavy atom. The van der Waals surface area contributed by atoms with Crippen LogP contribution in [-0.2, 0) is 4.74 Å². The molecule has 0 amide bonds. The van der Waals surface area contributed by atoms with Crippen molar-refractivity contribution in [3.63, 3.8) is 0 Å². The van der Waals surface area contributed by atoms with E-state index in [0.29, 0.717) is 12.5 Å². The summed E-state index contributed by atoms with van der Waals surface area (Å²) in [5, 5.41) is 0. The first kappa shape index (κ1) is 14.5. The highest BCUT2D eigenvalue weighted by Crippen LogP contribution is 2.26. The predicted octanol–water partition coefficient (Wildman–Crippen LogP) is 3.43. The molecule has 0 saturated carbocycles. The molecule has 17 heavy (non-hydrogen) atoms. The van der Waals surface area contributed by atoms with E-state index < -0.39 is 0 Å². The lowest BCUT2D eigenvalue weighted by Gasteiger charge is -2.26. The van der Waals surface area contributed by atoms with Crippen LogP contribution in [0.1, 0.15) is 47.0 Å². The minimum absolute atomic E-state index is 0.130. The summed E-state index contributed by atoms with van der Waals surface area (Å²) >= 11 is 0. The van der Waals surface area contributed by atoms with Crippen LogP contribution in [0.4, 0.5) is 0 Å². The summed E-state index contributed by atoms with van der Waals surface area (Å²) in [5.74, 6) is 0.680. The van der Waals surface area contributed by atoms with Crippen molar-refractivity contribution in [3.05, 3.63) is 22.8 Å². The first-order valence-corrected chi connectivity index (χ1v) is 6.85. The Morgan fingerprint density at radius 3 is 2.76 bits per heavy atom. The van der Waals surface area contributed by atoms with Gasteiger partial charge in [-0.3, -0.25) is 0 Å². The molecule has 2 nitrogen and oxygen atoms in total. The van der Waals surface area contributed by atoms with Crippen molar-refractivity contribution in [2.75, 3.05) is 13.2 Å². The third-order valence-electron chi connectivity index (χ3n) is 3.91. The Morgan fingerprint density at radius 1 is 1.53 bits per heavy atom. The van der Waals surface area contributed by atoms with Crippen LogP contribution in [0.25, 0.3) is 0 Å². The maximum Gasteiger partial charge on any atom is 0.0910 e. The molecule has 0 saturated heterocycles. The number of hydrogen-bond donors (Lipinski definition) is 1. The molecule has 0 aromatic heterocycles. The lowest BCUT2D eigenvalue weighted by molar-refractivity contribution is 0.0741. The summed E-state index contributed by atoms with van der Waals surface area (Å²) in [6, 6.07) is 0. The second-order valence-corrected chi connectivity index (χ2v) is 4.94. The molecule has 2 N–H and O–H groups in total. The maximum atomic E-state index is 5.73. The van der Waals surface area contributed by atoms with Crippen molar-refractivity contribution in [1.29, 1.82) is 0 Å². The molecule has 0 aliphatic carbocycles. The standard InChI is InChI=1S/C15H27NO/c1-5-11(3)13(6-2)9-14-7-8-17-15(10-16)12(14)4/h9,11,15H,5-8,10,16H2,1-4H3/b13-9-. The average Bonchev–Trinajstić information content (AvgIpc) is 2.36. The molecule has 98 valence electrons. The van der Waals surface area contributed by atoms with E-state index in [0.717, 1.165) is 19.4 Å². The fourth-order valence-electron chi connectivity index (χ4n) is 2.35. The average molecular weight is 237 g/mol. The van der Waals surface area contributed by atoms with E-state index in [-0.39, 0.29) is 6.10 Å². The Labute approximate surface area is 106 Å². The molecule has 2 unspecified atom stereocenters. The van der Waals surface area contributed by atoms with Crippen molar-refractivity contribution in [2.45, 2.75) is 53.1 Å². The van der Waals surface area contributed by atoms with Crippen LogP contribution in [0.2, 0.25) is 0 Å². The molecule has 0 aromatic rings. The zero-order valence-corrected chi connectivity index (χ0v) is 11.8. The number of rotatable bonds is 5. The van der Waals surface area contributed by atoms with Crippen molar-refractivity contribution >= 4 is 0 Å². The molecule has 1 rings (SSSR count). The molecule has 2 heteroatoms. The van der Waals surface area contributed by atoms with Gasteiger partial charge in [0, 0.05) is 6.54 Å². The van der Waals surface area contributed by atoms with Gasteiger partial charge in [0.25, 0.3) is 0 Å². The molecule has 0 spiro atoms. The zero-order chi connectivity index (χ0) is 12.8. The van der Waals surface area contributed by atoms with E-state index in [1.54, 1.807) is 5.57 Å². The summed E-state index contributed by atoms with van der Waals surface area (Å²) in [6.07, 6.45) is 5.91. The third-order valence-corrected chi connectivity index (χ3v) is 3.91. The quantitative estimate of drug-likeness (QED) is 0.795. The van der Waals surface area contributed by atoms with Crippen LogP contribution in [-0.4, -0.2) is 19.3 Å². The maximum absolute atomic E-state index is 5.73. The minimum Gasteiger partial charge on any atom is -0.372 e. The fraction of sp³-hybridized carbons (Fsp3) is 0.733. The molecule has 0 radical (unpaired) electrons. The van der Waals surface area contributed by atoms with Crippen molar-refractivity contribution in [3.8, 4) is 0 Å². The van der Waals surface area contributed by atoms with E-state index >= 15 is 0 Å². The summed E-state index contributed by atoms with van der Waals surface area (Å²) in [5.41, 5.74) is 10.1. The second kappa shape index (κ2) is 6.97. The summed E-state index contributed by atoms with van der Waals surface area (Å²) in [6.45, 7) is 10.4. The molecular formula is C15H27NO. The Hall–Kier alpha value is -0.600. The molecule has 2 atom stereocenters. The van der Waals surface area contributed by atoms with E-state index in [1.807, 2.05) is 0 Å². The first-order chi connectivity index (χ1) is 8.13. The lowest BCUT2D eigenvalue weighted by Crippen LogP contribution is -2.29. The van der Waals surface area contributed by atoms with Crippen molar-refractivity contribution in [1.82, 2.24) is 0 Å². The van der Waals surface area contributed by atoms with Crippen molar-refractivity contribution < 1.29 is 4.74 Å². The van der Waals surface area contributed by atoms with Gasteiger partial charge in [-0.2, -0.15) is 0 Å². The number of ether oxygens (including phenoxy) is 1. The molecule has 0 aromatic carbocycles. The normalized spacial score (nSPS) is 24.1. The molecular weight excluding hydrogens is 210 g/mol. The van der Waals surface area contributed by atoms with Gasteiger partial charge in [-0.05, 0) is 43.3 Å². The molecule has 1 aliphatic heterocycles. The van der Waals surface area contributed by atoms with E-state index in [2.05, 4.69) is 33.8 Å². The SMILES string of the molecule is CC/C(=C/C1=C(C)C(CN)OCC1)C(C)CC. The van der Waals surface area contributed by atoms with Gasteiger partial charge in [0.2, 0.25) is 0 Å². The zero-order valence-electron chi connectivity index (χ0n) is 11.8. The van der Waals surface area contributed by atoms with Gasteiger partial charge in [0.1, 0.15) is 0 Å². The third kappa shape index (κ3) is 3.68. The number of allylic oxidation sites excluding steroid dienone is 2. The number of nitrogens with two attached hydrogens (primary N) is 1. The first-order valence-electron chi connectivity index (χ1n) is 6.85. The van der Waals surface area contributed by atoms with Crippen molar-refractivity contribution in [2.24, 2.45) is 11.7 Å². The monoisotopic (exact) mass is 237 g/mol. The Kier molecular flexibility index (Phi) is 5.93. The van der Waals surface area contributed by atoms with Crippen LogP contribution >= 0.6 is 0 Å². The highest BCUT2D eigenvalue weighted by Gasteiger charge is 2.18. The van der Waals surface area contributed by atoms with Crippen LogP contribution < -0.4 is 5.73 Å². The summed E-state index contributed by atoms with van der Waals surface area (Å²) < 4.78 is 5.66. The lowest BCUT2D eigenvalue weighted by atomic mass is 9.90. The highest BCUT2D eigenvalue weighted by molar-refractivity contribution is 5.32. The topological polar surface area (TPSA) is 35.2 Å². The van der Waals surface area contributed by atoms with Crippen LogP contribution in [0.5, 0.6) is 0 Å². The predicted molar refractivity (Wildman–Crippen MR) is 73.9 cm³/mol. The Bertz CT molecular complexity index is 304. The summed E-state index contributed by atoms with van der Waals surface area (Å²) in [4.78, 5) is 0. The van der Waals surface area contributed by atoms with Gasteiger partial charge in [0.05, 0.1) is 12.7 Å². The Balaban J connectivity index is 2.93. The fourth-order valence-corrected chi connectivity index (χ4v) is 2.35. The van der Waals surface area contributed by atoms with E-state index in [9.17, 15) is 0 Å². The second-order valence-electron chi connectivity index (χ2n) is 4.94. The van der Waals surface area contributed by atoms with E-state index in [1.165, 1.54) is 17.6 Å². The van der Waals surface area contributed by atoms with Gasteiger partial charge in [-0.1, -0.05) is 32.4 Å². The van der Waals surface area contributed by atoms with Crippen LogP contribution in [0, 0.1) is 5.92 Å². The number of hydrogen-bond acceptors (Lipinski definition) is 2. The van der Waals surface area contributed by atoms with E-state index in [4.69, 9.17) is 10.5 Å². The van der Waals surface area contributed by atoms with Gasteiger partial charge in [-0.25, -0.2) is 0 Å². The molecule has 0 bridgehead atoms. The largest absolute Gasteiger partial charge is 0.372 e. The molecule has 1 aliphatic rings. The summed E-state index contributed by atoms with van der Waals surface area (Å²) in [7, 11) is 0. The smallest absolute Gasteiger partial charge is 0.0910 e. The van der Waals surface area contributed by atoms with Gasteiger partial charge in [-0.15, -0.1) is 0 Å². The molecule has 1 heterocycles. The van der Waals surface area contributed by atoms with Crippen LogP contribution in [0.3, 0.4) is 0 Å². The van der Waals surface area contributed by atoms with Gasteiger partial charge in [0.15, 0.2) is 0 Å². The minimum atomic E-state index is 0.130.